The zero-order valence-electron chi connectivity index (χ0n) is 16.6. The summed E-state index contributed by atoms with van der Waals surface area (Å²) in [5.41, 5.74) is 0.555. The lowest BCUT2D eigenvalue weighted by Gasteiger charge is -2.44. The van der Waals surface area contributed by atoms with Gasteiger partial charge in [0.25, 0.3) is 0 Å². The number of rotatable bonds is 7. The van der Waals surface area contributed by atoms with Gasteiger partial charge in [0.1, 0.15) is 5.54 Å². The number of benzene rings is 2. The molecule has 1 aliphatic rings. The molecular weight excluding hydrogens is 421 g/mol. The fraction of sp³-hybridized carbons (Fsp3) is 0.333. The van der Waals surface area contributed by atoms with Gasteiger partial charge in [0.05, 0.1) is 0 Å². The summed E-state index contributed by atoms with van der Waals surface area (Å²) in [6, 6.07) is 14.5. The van der Waals surface area contributed by atoms with Crippen molar-refractivity contribution in [1.82, 2.24) is 0 Å². The van der Waals surface area contributed by atoms with Crippen LogP contribution in [0, 0.1) is 12.3 Å². The third-order valence-electron chi connectivity index (χ3n) is 5.42. The van der Waals surface area contributed by atoms with Crippen molar-refractivity contribution in [1.29, 1.82) is 0 Å². The number of ketones is 1. The highest BCUT2D eigenvalue weighted by atomic mass is 35.5. The van der Waals surface area contributed by atoms with Crippen LogP contribution in [0.5, 0.6) is 0 Å². The maximum atomic E-state index is 13.5. The summed E-state index contributed by atoms with van der Waals surface area (Å²) in [5, 5.41) is 1.14. The molecule has 0 saturated carbocycles. The standard InChI is InChI=1S/C24H23Cl2NO3/c1-2-23(29)27(21-10-5-9-20(26)17-21)24(12-14-30-15-13-24)22(28)11-4-7-18-6-3-8-19(25)16-18/h1,3,5-6,8-10,16-17H,4,7,11-15H2. The number of nitrogens with zero attached hydrogens (tertiary/aromatic N) is 1. The van der Waals surface area contributed by atoms with Gasteiger partial charge in [-0.15, -0.1) is 6.42 Å². The highest BCUT2D eigenvalue weighted by Gasteiger charge is 2.47. The number of halogens is 2. The predicted molar refractivity (Wildman–Crippen MR) is 120 cm³/mol. The van der Waals surface area contributed by atoms with E-state index in [9.17, 15) is 9.59 Å². The van der Waals surface area contributed by atoms with Gasteiger partial charge >= 0.3 is 5.91 Å². The van der Waals surface area contributed by atoms with E-state index >= 15 is 0 Å². The Hall–Kier alpha value is -2.32. The maximum Gasteiger partial charge on any atom is 0.303 e. The Bertz CT molecular complexity index is 961. The second kappa shape index (κ2) is 10.1. The number of Topliss-reactive ketones (excluding diaryl/α,β-unsaturated/α-hetero) is 1. The molecule has 1 amide bonds. The summed E-state index contributed by atoms with van der Waals surface area (Å²) in [4.78, 5) is 27.8. The zero-order valence-corrected chi connectivity index (χ0v) is 18.1. The van der Waals surface area contributed by atoms with E-state index in [0.717, 1.165) is 12.0 Å². The zero-order chi connectivity index (χ0) is 21.6. The molecule has 6 heteroatoms. The quantitative estimate of drug-likeness (QED) is 0.559. The summed E-state index contributed by atoms with van der Waals surface area (Å²) in [6.45, 7) is 0.768. The minimum Gasteiger partial charge on any atom is -0.381 e. The molecule has 1 aliphatic heterocycles. The number of terminal acetylenes is 1. The largest absolute Gasteiger partial charge is 0.381 e. The first-order chi connectivity index (χ1) is 14.5. The van der Waals surface area contributed by atoms with Crippen LogP contribution in [0.4, 0.5) is 5.69 Å². The summed E-state index contributed by atoms with van der Waals surface area (Å²) in [5.74, 6) is 1.61. The Morgan fingerprint density at radius 2 is 1.73 bits per heavy atom. The topological polar surface area (TPSA) is 46.6 Å². The molecule has 156 valence electrons. The molecule has 0 spiro atoms. The molecule has 0 unspecified atom stereocenters. The van der Waals surface area contributed by atoms with E-state index in [1.165, 1.54) is 4.90 Å². The van der Waals surface area contributed by atoms with Gasteiger partial charge in [-0.05, 0) is 54.7 Å². The van der Waals surface area contributed by atoms with Crippen molar-refractivity contribution < 1.29 is 14.3 Å². The van der Waals surface area contributed by atoms with Crippen molar-refractivity contribution >= 4 is 40.6 Å². The molecule has 0 aliphatic carbocycles. The second-order valence-corrected chi connectivity index (χ2v) is 8.19. The van der Waals surface area contributed by atoms with Crippen LogP contribution in [0.2, 0.25) is 10.0 Å². The fourth-order valence-corrected chi connectivity index (χ4v) is 4.35. The van der Waals surface area contributed by atoms with E-state index in [1.807, 2.05) is 24.3 Å². The molecule has 0 aromatic heterocycles. The molecule has 0 radical (unpaired) electrons. The van der Waals surface area contributed by atoms with Crippen LogP contribution in [-0.2, 0) is 20.7 Å². The normalized spacial score (nSPS) is 15.2. The number of hydrogen-bond acceptors (Lipinski definition) is 3. The van der Waals surface area contributed by atoms with Gasteiger partial charge in [0.15, 0.2) is 5.78 Å². The van der Waals surface area contributed by atoms with Gasteiger partial charge in [-0.3, -0.25) is 14.5 Å². The molecule has 2 aromatic carbocycles. The summed E-state index contributed by atoms with van der Waals surface area (Å²) in [7, 11) is 0. The SMILES string of the molecule is C#CC(=O)N(c1cccc(Cl)c1)C1(C(=O)CCCc2cccc(Cl)c2)CCOCC1. The van der Waals surface area contributed by atoms with Crippen LogP contribution in [0.1, 0.15) is 31.2 Å². The number of hydrogen-bond donors (Lipinski definition) is 0. The molecule has 1 heterocycles. The monoisotopic (exact) mass is 443 g/mol. The Labute approximate surface area is 187 Å². The Morgan fingerprint density at radius 1 is 1.07 bits per heavy atom. The van der Waals surface area contributed by atoms with Crippen LogP contribution in [0.25, 0.3) is 0 Å². The lowest BCUT2D eigenvalue weighted by Crippen LogP contribution is -2.60. The van der Waals surface area contributed by atoms with Crippen molar-refractivity contribution in [2.75, 3.05) is 18.1 Å². The Kier molecular flexibility index (Phi) is 7.55. The summed E-state index contributed by atoms with van der Waals surface area (Å²) in [6.07, 6.45) is 7.95. The first-order valence-electron chi connectivity index (χ1n) is 9.88. The van der Waals surface area contributed by atoms with Crippen LogP contribution >= 0.6 is 23.2 Å². The lowest BCUT2D eigenvalue weighted by molar-refractivity contribution is -0.131. The molecular formula is C24H23Cl2NO3. The number of carbonyl (C=O) groups excluding carboxylic acids is 2. The van der Waals surface area contributed by atoms with Gasteiger partial charge in [-0.1, -0.05) is 41.4 Å². The fourth-order valence-electron chi connectivity index (χ4n) is 3.95. The van der Waals surface area contributed by atoms with Crippen molar-refractivity contribution in [3.05, 3.63) is 64.1 Å². The number of amides is 1. The third-order valence-corrected chi connectivity index (χ3v) is 5.89. The highest BCUT2D eigenvalue weighted by Crippen LogP contribution is 2.36. The van der Waals surface area contributed by atoms with Crippen LogP contribution in [0.3, 0.4) is 0 Å². The van der Waals surface area contributed by atoms with Gasteiger partial charge in [-0.25, -0.2) is 0 Å². The first kappa shape index (κ1) is 22.4. The van der Waals surface area contributed by atoms with Crippen LogP contribution < -0.4 is 4.90 Å². The number of carbonyl (C=O) groups is 2. The highest BCUT2D eigenvalue weighted by molar-refractivity contribution is 6.31. The van der Waals surface area contributed by atoms with E-state index in [1.54, 1.807) is 24.3 Å². The van der Waals surface area contributed by atoms with Gasteiger partial charge < -0.3 is 4.74 Å². The molecule has 0 atom stereocenters. The average molecular weight is 444 g/mol. The number of anilines is 1. The minimum absolute atomic E-state index is 0.0172. The smallest absolute Gasteiger partial charge is 0.303 e. The molecule has 30 heavy (non-hydrogen) atoms. The number of aryl methyl sites for hydroxylation is 1. The van der Waals surface area contributed by atoms with E-state index in [-0.39, 0.29) is 5.78 Å². The average Bonchev–Trinajstić information content (AvgIpc) is 2.74. The number of ether oxygens (including phenoxy) is 1. The minimum atomic E-state index is -1.04. The molecule has 0 N–H and O–H groups in total. The van der Waals surface area contributed by atoms with E-state index in [4.69, 9.17) is 34.4 Å². The summed E-state index contributed by atoms with van der Waals surface area (Å²) < 4.78 is 5.50. The van der Waals surface area contributed by atoms with Crippen molar-refractivity contribution in [2.24, 2.45) is 0 Å². The van der Waals surface area contributed by atoms with Crippen LogP contribution in [-0.4, -0.2) is 30.4 Å². The van der Waals surface area contributed by atoms with Crippen molar-refractivity contribution in [3.63, 3.8) is 0 Å². The Morgan fingerprint density at radius 3 is 2.37 bits per heavy atom. The molecule has 0 bridgehead atoms. The Balaban J connectivity index is 1.86. The van der Waals surface area contributed by atoms with Crippen molar-refractivity contribution in [2.45, 2.75) is 37.6 Å². The lowest BCUT2D eigenvalue weighted by atomic mass is 9.80. The molecule has 3 rings (SSSR count). The van der Waals surface area contributed by atoms with Gasteiger partial charge in [-0.2, -0.15) is 0 Å². The van der Waals surface area contributed by atoms with Crippen molar-refractivity contribution in [3.8, 4) is 12.3 Å². The molecule has 2 aromatic rings. The van der Waals surface area contributed by atoms with Crippen LogP contribution in [0.15, 0.2) is 48.5 Å². The van der Waals surface area contributed by atoms with Gasteiger partial charge in [0.2, 0.25) is 0 Å². The summed E-state index contributed by atoms with van der Waals surface area (Å²) >= 11 is 12.2. The third kappa shape index (κ3) is 5.05. The first-order valence-corrected chi connectivity index (χ1v) is 10.6. The van der Waals surface area contributed by atoms with E-state index in [2.05, 4.69) is 5.92 Å². The molecule has 4 nitrogen and oxygen atoms in total. The predicted octanol–water partition coefficient (Wildman–Crippen LogP) is 5.10. The maximum absolute atomic E-state index is 13.5. The molecule has 1 fully saturated rings. The van der Waals surface area contributed by atoms with Gasteiger partial charge in [0, 0.05) is 48.2 Å². The van der Waals surface area contributed by atoms with E-state index < -0.39 is 11.4 Å². The second-order valence-electron chi connectivity index (χ2n) is 7.32. The molecule has 1 saturated heterocycles. The van der Waals surface area contributed by atoms with E-state index in [0.29, 0.717) is 54.6 Å².